The lowest BCUT2D eigenvalue weighted by atomic mass is 10.1. The maximum Gasteiger partial charge on any atom is 0.317 e. The van der Waals surface area contributed by atoms with E-state index in [0.717, 1.165) is 25.9 Å². The molecule has 0 aromatic heterocycles. The van der Waals surface area contributed by atoms with Crippen molar-refractivity contribution in [3.63, 3.8) is 0 Å². The summed E-state index contributed by atoms with van der Waals surface area (Å²) in [6.45, 7) is 3.82. The van der Waals surface area contributed by atoms with Gasteiger partial charge in [-0.3, -0.25) is 4.79 Å². The molecule has 1 fully saturated rings. The minimum Gasteiger partial charge on any atom is -0.481 e. The molecule has 1 heterocycles. The maximum atomic E-state index is 12.1. The fourth-order valence-corrected chi connectivity index (χ4v) is 2.41. The van der Waals surface area contributed by atoms with Crippen LogP contribution in [0.3, 0.4) is 0 Å². The number of carbonyl (C=O) groups is 2. The van der Waals surface area contributed by atoms with Crippen LogP contribution in [0.1, 0.15) is 32.6 Å². The highest BCUT2D eigenvalue weighted by atomic mass is 16.4. The number of hydrogen-bond acceptors (Lipinski definition) is 3. The molecule has 110 valence electrons. The molecular weight excluding hydrogens is 246 g/mol. The Morgan fingerprint density at radius 3 is 2.74 bits per heavy atom. The molecule has 1 saturated heterocycles. The quantitative estimate of drug-likeness (QED) is 0.781. The minimum absolute atomic E-state index is 0.0271. The summed E-state index contributed by atoms with van der Waals surface area (Å²) in [4.78, 5) is 26.7. The van der Waals surface area contributed by atoms with Crippen LogP contribution in [0, 0.1) is 0 Å². The van der Waals surface area contributed by atoms with Crippen LogP contribution in [0.2, 0.25) is 0 Å². The second-order valence-electron chi connectivity index (χ2n) is 5.32. The maximum absolute atomic E-state index is 12.1. The van der Waals surface area contributed by atoms with E-state index in [1.165, 1.54) is 0 Å². The summed E-state index contributed by atoms with van der Waals surface area (Å²) in [7, 11) is 3.84. The number of likely N-dealkylation sites (N-methyl/N-ethyl adjacent to an activating group) is 2. The van der Waals surface area contributed by atoms with Crippen LogP contribution >= 0.6 is 0 Å². The van der Waals surface area contributed by atoms with E-state index in [2.05, 4.69) is 17.3 Å². The van der Waals surface area contributed by atoms with E-state index in [1.807, 2.05) is 6.92 Å². The minimum atomic E-state index is -0.882. The van der Waals surface area contributed by atoms with E-state index in [-0.39, 0.29) is 24.5 Å². The van der Waals surface area contributed by atoms with Gasteiger partial charge in [-0.15, -0.1) is 0 Å². The lowest BCUT2D eigenvalue weighted by Gasteiger charge is -2.36. The Labute approximate surface area is 114 Å². The average Bonchev–Trinajstić information content (AvgIpc) is 2.36. The van der Waals surface area contributed by atoms with E-state index < -0.39 is 5.97 Å². The second kappa shape index (κ2) is 7.33. The van der Waals surface area contributed by atoms with Crippen molar-refractivity contribution >= 4 is 12.0 Å². The largest absolute Gasteiger partial charge is 0.481 e. The lowest BCUT2D eigenvalue weighted by molar-refractivity contribution is -0.137. The number of carboxylic acids is 1. The molecule has 0 saturated carbocycles. The van der Waals surface area contributed by atoms with Crippen LogP contribution in [-0.4, -0.2) is 66.2 Å². The molecule has 0 spiro atoms. The van der Waals surface area contributed by atoms with E-state index in [0.29, 0.717) is 6.42 Å². The first-order chi connectivity index (χ1) is 8.93. The molecule has 2 atom stereocenters. The summed E-state index contributed by atoms with van der Waals surface area (Å²) in [5, 5.41) is 11.6. The van der Waals surface area contributed by atoms with Gasteiger partial charge in [0.25, 0.3) is 0 Å². The number of urea groups is 1. The molecule has 2 amide bonds. The Morgan fingerprint density at radius 1 is 1.53 bits per heavy atom. The van der Waals surface area contributed by atoms with Gasteiger partial charge in [-0.2, -0.15) is 0 Å². The zero-order valence-corrected chi connectivity index (χ0v) is 12.1. The van der Waals surface area contributed by atoms with Gasteiger partial charge >= 0.3 is 12.0 Å². The molecule has 0 aliphatic carbocycles. The Morgan fingerprint density at radius 2 is 2.21 bits per heavy atom. The topological polar surface area (TPSA) is 72.9 Å². The van der Waals surface area contributed by atoms with Crippen molar-refractivity contribution in [3.05, 3.63) is 0 Å². The summed E-state index contributed by atoms with van der Waals surface area (Å²) < 4.78 is 0. The van der Waals surface area contributed by atoms with Crippen molar-refractivity contribution in [1.82, 2.24) is 15.1 Å². The molecule has 0 aromatic rings. The van der Waals surface area contributed by atoms with Crippen LogP contribution in [0.25, 0.3) is 0 Å². The third-order valence-electron chi connectivity index (χ3n) is 3.71. The van der Waals surface area contributed by atoms with Gasteiger partial charge in [0, 0.05) is 25.7 Å². The third-order valence-corrected chi connectivity index (χ3v) is 3.71. The Kier molecular flexibility index (Phi) is 6.08. The first-order valence-corrected chi connectivity index (χ1v) is 6.87. The fourth-order valence-electron chi connectivity index (χ4n) is 2.41. The molecule has 0 radical (unpaired) electrons. The third kappa shape index (κ3) is 5.06. The Balaban J connectivity index is 2.48. The van der Waals surface area contributed by atoms with Crippen LogP contribution in [0.5, 0.6) is 0 Å². The fraction of sp³-hybridized carbons (Fsp3) is 0.846. The average molecular weight is 271 g/mol. The van der Waals surface area contributed by atoms with Crippen LogP contribution in [0.4, 0.5) is 4.79 Å². The predicted molar refractivity (Wildman–Crippen MR) is 73.1 cm³/mol. The highest BCUT2D eigenvalue weighted by molar-refractivity contribution is 5.76. The van der Waals surface area contributed by atoms with E-state index >= 15 is 0 Å². The molecule has 0 bridgehead atoms. The molecule has 2 N–H and O–H groups in total. The van der Waals surface area contributed by atoms with Gasteiger partial charge < -0.3 is 20.2 Å². The molecule has 1 rings (SSSR count). The van der Waals surface area contributed by atoms with Crippen LogP contribution < -0.4 is 5.32 Å². The Bertz CT molecular complexity index is 322. The Hall–Kier alpha value is -1.30. The van der Waals surface area contributed by atoms with Gasteiger partial charge in [-0.25, -0.2) is 4.79 Å². The number of nitrogens with one attached hydrogen (secondary N) is 1. The second-order valence-corrected chi connectivity index (χ2v) is 5.32. The van der Waals surface area contributed by atoms with Crippen molar-refractivity contribution in [1.29, 1.82) is 0 Å². The van der Waals surface area contributed by atoms with Gasteiger partial charge in [0.1, 0.15) is 0 Å². The van der Waals surface area contributed by atoms with E-state index in [1.54, 1.807) is 11.9 Å². The highest BCUT2D eigenvalue weighted by Gasteiger charge is 2.25. The number of carbonyl (C=O) groups excluding carboxylic acids is 1. The summed E-state index contributed by atoms with van der Waals surface area (Å²) in [5.74, 6) is -0.882. The SMILES string of the molecule is CCC(CC(=O)O)NC(=O)N(C)C1CCCN(C)C1. The number of amides is 2. The smallest absolute Gasteiger partial charge is 0.317 e. The summed E-state index contributed by atoms with van der Waals surface area (Å²) in [6, 6.07) is -0.261. The van der Waals surface area contributed by atoms with Gasteiger partial charge in [0.2, 0.25) is 0 Å². The van der Waals surface area contributed by atoms with Crippen LogP contribution in [-0.2, 0) is 4.79 Å². The summed E-state index contributed by atoms with van der Waals surface area (Å²) >= 11 is 0. The number of piperidine rings is 1. The van der Waals surface area contributed by atoms with Gasteiger partial charge in [0.15, 0.2) is 0 Å². The molecule has 1 aliphatic rings. The first kappa shape index (κ1) is 15.8. The van der Waals surface area contributed by atoms with Crippen molar-refractivity contribution in [2.24, 2.45) is 0 Å². The first-order valence-electron chi connectivity index (χ1n) is 6.87. The molecule has 0 aromatic carbocycles. The zero-order chi connectivity index (χ0) is 14.4. The summed E-state index contributed by atoms with van der Waals surface area (Å²) in [6.07, 6.45) is 2.69. The molecule has 1 aliphatic heterocycles. The van der Waals surface area contributed by atoms with E-state index in [4.69, 9.17) is 5.11 Å². The molecule has 2 unspecified atom stereocenters. The molecule has 6 nitrogen and oxygen atoms in total. The van der Waals surface area contributed by atoms with Crippen molar-refractivity contribution in [3.8, 4) is 0 Å². The monoisotopic (exact) mass is 271 g/mol. The number of hydrogen-bond donors (Lipinski definition) is 2. The number of carboxylic acid groups (broad SMARTS) is 1. The lowest BCUT2D eigenvalue weighted by Crippen LogP contribution is -2.52. The van der Waals surface area contributed by atoms with Gasteiger partial charge in [0.05, 0.1) is 6.42 Å². The predicted octanol–water partition coefficient (Wildman–Crippen LogP) is 0.975. The number of nitrogens with zero attached hydrogens (tertiary/aromatic N) is 2. The molecule has 6 heteroatoms. The van der Waals surface area contributed by atoms with Crippen molar-refractivity contribution in [2.75, 3.05) is 27.2 Å². The zero-order valence-electron chi connectivity index (χ0n) is 12.1. The standard InChI is InChI=1S/C13H25N3O3/c1-4-10(8-12(17)18)14-13(19)16(3)11-6-5-7-15(2)9-11/h10-11H,4-9H2,1-3H3,(H,14,19)(H,17,18). The van der Waals surface area contributed by atoms with Crippen LogP contribution in [0.15, 0.2) is 0 Å². The summed E-state index contributed by atoms with van der Waals surface area (Å²) in [5.41, 5.74) is 0. The highest BCUT2D eigenvalue weighted by Crippen LogP contribution is 2.13. The van der Waals surface area contributed by atoms with Crippen molar-refractivity contribution < 1.29 is 14.7 Å². The number of rotatable bonds is 5. The van der Waals surface area contributed by atoms with E-state index in [9.17, 15) is 9.59 Å². The number of aliphatic carboxylic acids is 1. The van der Waals surface area contributed by atoms with Gasteiger partial charge in [-0.05, 0) is 32.9 Å². The normalized spacial score (nSPS) is 21.7. The molecular formula is C13H25N3O3. The molecule has 19 heavy (non-hydrogen) atoms. The van der Waals surface area contributed by atoms with Crippen molar-refractivity contribution in [2.45, 2.75) is 44.7 Å². The van der Waals surface area contributed by atoms with Gasteiger partial charge in [-0.1, -0.05) is 6.92 Å². The number of likely N-dealkylation sites (tertiary alicyclic amines) is 1.